The molecule has 0 saturated carbocycles. The average molecular weight is 464 g/mol. The van der Waals surface area contributed by atoms with Crippen LogP contribution in [0.25, 0.3) is 20.7 Å². The molecule has 1 amide bonds. The number of benzene rings is 1. The Bertz CT molecular complexity index is 1260. The van der Waals surface area contributed by atoms with Crippen LogP contribution >= 0.6 is 34.4 Å². The SMILES string of the molecule is CCn1c(SCC(=O)Nc2cc(F)cc(F)c2)nc2scc(-c3cccs3)c2c1=O. The van der Waals surface area contributed by atoms with Gasteiger partial charge in [0.1, 0.15) is 16.5 Å². The normalized spacial score (nSPS) is 11.2. The van der Waals surface area contributed by atoms with Gasteiger partial charge in [0.15, 0.2) is 5.16 Å². The molecule has 0 aliphatic heterocycles. The van der Waals surface area contributed by atoms with Crippen molar-refractivity contribution in [2.24, 2.45) is 0 Å². The second-order valence-electron chi connectivity index (χ2n) is 6.25. The van der Waals surface area contributed by atoms with Crippen LogP contribution in [0.15, 0.2) is 51.0 Å². The summed E-state index contributed by atoms with van der Waals surface area (Å²) in [6, 6.07) is 6.70. The van der Waals surface area contributed by atoms with Crippen LogP contribution in [0, 0.1) is 11.6 Å². The third-order valence-electron chi connectivity index (χ3n) is 4.24. The van der Waals surface area contributed by atoms with Gasteiger partial charge in [-0.2, -0.15) is 0 Å². The summed E-state index contributed by atoms with van der Waals surface area (Å²) in [7, 11) is 0. The molecule has 0 atom stereocenters. The molecule has 3 heterocycles. The molecule has 1 N–H and O–H groups in total. The van der Waals surface area contributed by atoms with E-state index in [1.807, 2.05) is 29.8 Å². The van der Waals surface area contributed by atoms with E-state index >= 15 is 0 Å². The zero-order chi connectivity index (χ0) is 21.3. The first-order valence-corrected chi connectivity index (χ1v) is 11.7. The first kappa shape index (κ1) is 20.7. The van der Waals surface area contributed by atoms with Crippen LogP contribution in [-0.2, 0) is 11.3 Å². The lowest BCUT2D eigenvalue weighted by atomic mass is 10.2. The summed E-state index contributed by atoms with van der Waals surface area (Å²) >= 11 is 4.05. The number of amides is 1. The van der Waals surface area contributed by atoms with Crippen LogP contribution in [0.5, 0.6) is 0 Å². The highest BCUT2D eigenvalue weighted by molar-refractivity contribution is 7.99. The minimum Gasteiger partial charge on any atom is -0.325 e. The predicted molar refractivity (Wildman–Crippen MR) is 119 cm³/mol. The number of carbonyl (C=O) groups is 1. The summed E-state index contributed by atoms with van der Waals surface area (Å²) in [6.07, 6.45) is 0. The first-order chi connectivity index (χ1) is 14.5. The molecule has 4 aromatic rings. The molecule has 0 aliphatic carbocycles. The molecule has 0 bridgehead atoms. The molecule has 0 aliphatic rings. The lowest BCUT2D eigenvalue weighted by Gasteiger charge is -2.10. The number of thioether (sulfide) groups is 1. The Balaban J connectivity index is 1.58. The van der Waals surface area contributed by atoms with Gasteiger partial charge in [0.2, 0.25) is 5.91 Å². The Morgan fingerprint density at radius 2 is 2.00 bits per heavy atom. The van der Waals surface area contributed by atoms with Gasteiger partial charge in [0.05, 0.1) is 11.1 Å². The maximum atomic E-state index is 13.3. The van der Waals surface area contributed by atoms with Gasteiger partial charge in [-0.15, -0.1) is 22.7 Å². The number of hydrogen-bond acceptors (Lipinski definition) is 6. The largest absolute Gasteiger partial charge is 0.325 e. The molecule has 0 saturated heterocycles. The van der Waals surface area contributed by atoms with E-state index < -0.39 is 17.5 Å². The van der Waals surface area contributed by atoms with Crippen molar-refractivity contribution in [2.45, 2.75) is 18.6 Å². The van der Waals surface area contributed by atoms with Gasteiger partial charge in [0, 0.05) is 34.1 Å². The maximum absolute atomic E-state index is 13.3. The molecule has 30 heavy (non-hydrogen) atoms. The summed E-state index contributed by atoms with van der Waals surface area (Å²) in [5.41, 5.74) is 0.752. The number of nitrogens with one attached hydrogen (secondary N) is 1. The van der Waals surface area contributed by atoms with Crippen molar-refractivity contribution >= 4 is 56.2 Å². The standard InChI is InChI=1S/C20H15F2N3O2S3/c1-2-25-19(27)17-14(15-4-3-5-28-15)9-29-18(17)24-20(25)30-10-16(26)23-13-7-11(21)6-12(22)8-13/h3-9H,2,10H2,1H3,(H,23,26). The average Bonchev–Trinajstić information content (AvgIpc) is 3.35. The van der Waals surface area contributed by atoms with Crippen LogP contribution in [0.4, 0.5) is 14.5 Å². The highest BCUT2D eigenvalue weighted by Gasteiger charge is 2.18. The van der Waals surface area contributed by atoms with Crippen molar-refractivity contribution in [3.8, 4) is 10.4 Å². The lowest BCUT2D eigenvalue weighted by molar-refractivity contribution is -0.113. The molecular weight excluding hydrogens is 448 g/mol. The smallest absolute Gasteiger partial charge is 0.263 e. The Hall–Kier alpha value is -2.56. The van der Waals surface area contributed by atoms with E-state index in [1.165, 1.54) is 15.9 Å². The minimum absolute atomic E-state index is 0.0354. The number of thiophene rings is 2. The monoisotopic (exact) mass is 463 g/mol. The van der Waals surface area contributed by atoms with Gasteiger partial charge in [-0.1, -0.05) is 17.8 Å². The Morgan fingerprint density at radius 1 is 1.23 bits per heavy atom. The molecule has 0 fully saturated rings. The van der Waals surface area contributed by atoms with E-state index in [2.05, 4.69) is 10.3 Å². The molecule has 0 radical (unpaired) electrons. The van der Waals surface area contributed by atoms with E-state index in [1.54, 1.807) is 11.3 Å². The van der Waals surface area contributed by atoms with Crippen LogP contribution in [0.2, 0.25) is 0 Å². The number of anilines is 1. The van der Waals surface area contributed by atoms with Gasteiger partial charge in [-0.25, -0.2) is 13.8 Å². The van der Waals surface area contributed by atoms with Crippen molar-refractivity contribution in [3.63, 3.8) is 0 Å². The minimum atomic E-state index is -0.774. The van der Waals surface area contributed by atoms with Crippen LogP contribution in [0.3, 0.4) is 0 Å². The Kier molecular flexibility index (Phi) is 5.98. The van der Waals surface area contributed by atoms with Crippen LogP contribution in [0.1, 0.15) is 6.92 Å². The fourth-order valence-corrected chi connectivity index (χ4v) is 5.63. The van der Waals surface area contributed by atoms with Gasteiger partial charge >= 0.3 is 0 Å². The zero-order valence-electron chi connectivity index (χ0n) is 15.6. The van der Waals surface area contributed by atoms with E-state index in [0.717, 1.165) is 40.4 Å². The fourth-order valence-electron chi connectivity index (χ4n) is 2.96. The van der Waals surface area contributed by atoms with Gasteiger partial charge < -0.3 is 5.32 Å². The van der Waals surface area contributed by atoms with Crippen LogP contribution in [-0.4, -0.2) is 21.2 Å². The summed E-state index contributed by atoms with van der Waals surface area (Å²) in [4.78, 5) is 31.5. The number of halogens is 2. The predicted octanol–water partition coefficient (Wildman–Crippen LogP) is 5.22. The highest BCUT2D eigenvalue weighted by atomic mass is 32.2. The van der Waals surface area contributed by atoms with Crippen molar-refractivity contribution in [2.75, 3.05) is 11.1 Å². The molecule has 1 aromatic carbocycles. The topological polar surface area (TPSA) is 64.0 Å². The Labute approximate surface area is 182 Å². The van der Waals surface area contributed by atoms with Gasteiger partial charge in [-0.3, -0.25) is 14.2 Å². The molecule has 154 valence electrons. The quantitative estimate of drug-likeness (QED) is 0.315. The fraction of sp³-hybridized carbons (Fsp3) is 0.150. The first-order valence-electron chi connectivity index (χ1n) is 8.91. The van der Waals surface area contributed by atoms with Gasteiger partial charge in [-0.05, 0) is 30.5 Å². The highest BCUT2D eigenvalue weighted by Crippen LogP contribution is 2.34. The molecule has 0 unspecified atom stereocenters. The van der Waals surface area contributed by atoms with Crippen molar-refractivity contribution in [1.29, 1.82) is 0 Å². The summed E-state index contributed by atoms with van der Waals surface area (Å²) < 4.78 is 28.1. The third kappa shape index (κ3) is 4.16. The maximum Gasteiger partial charge on any atom is 0.263 e. The van der Waals surface area contributed by atoms with E-state index in [9.17, 15) is 18.4 Å². The molecule has 0 spiro atoms. The second kappa shape index (κ2) is 8.66. The lowest BCUT2D eigenvalue weighted by Crippen LogP contribution is -2.23. The summed E-state index contributed by atoms with van der Waals surface area (Å²) in [5, 5.41) is 7.34. The summed E-state index contributed by atoms with van der Waals surface area (Å²) in [6.45, 7) is 2.24. The second-order valence-corrected chi connectivity index (χ2v) is 8.99. The molecule has 4 rings (SSSR count). The molecule has 10 heteroatoms. The number of carbonyl (C=O) groups excluding carboxylic acids is 1. The van der Waals surface area contributed by atoms with E-state index in [0.29, 0.717) is 21.9 Å². The van der Waals surface area contributed by atoms with E-state index in [4.69, 9.17) is 0 Å². The van der Waals surface area contributed by atoms with Crippen LogP contribution < -0.4 is 10.9 Å². The number of rotatable bonds is 6. The van der Waals surface area contributed by atoms with E-state index in [-0.39, 0.29) is 17.0 Å². The van der Waals surface area contributed by atoms with Gasteiger partial charge in [0.25, 0.3) is 5.56 Å². The Morgan fingerprint density at radius 3 is 2.67 bits per heavy atom. The zero-order valence-corrected chi connectivity index (χ0v) is 18.1. The number of hydrogen-bond donors (Lipinski definition) is 1. The number of fused-ring (bicyclic) bond motifs is 1. The summed E-state index contributed by atoms with van der Waals surface area (Å²) in [5.74, 6) is -2.06. The molecular formula is C20H15F2N3O2S3. The third-order valence-corrected chi connectivity index (χ3v) is 6.99. The van der Waals surface area contributed by atoms with Crippen molar-refractivity contribution < 1.29 is 13.6 Å². The van der Waals surface area contributed by atoms with Crippen molar-refractivity contribution in [1.82, 2.24) is 9.55 Å². The molecule has 5 nitrogen and oxygen atoms in total. The number of aromatic nitrogens is 2. The molecule has 3 aromatic heterocycles. The number of nitrogens with zero attached hydrogens (tertiary/aromatic N) is 2. The van der Waals surface area contributed by atoms with Crippen molar-refractivity contribution in [3.05, 3.63) is 63.1 Å².